The Balaban J connectivity index is 2.38. The number of hydrogen-bond donors (Lipinski definition) is 0. The van der Waals surface area contributed by atoms with Crippen LogP contribution in [-0.4, -0.2) is 26.8 Å². The monoisotopic (exact) mass is 171 g/mol. The van der Waals surface area contributed by atoms with Gasteiger partial charge in [0.1, 0.15) is 12.6 Å². The highest BCUT2D eigenvalue weighted by atomic mass is 32.2. The van der Waals surface area contributed by atoms with Gasteiger partial charge in [0.05, 0.1) is 0 Å². The van der Waals surface area contributed by atoms with E-state index in [1.165, 1.54) is 18.1 Å². The molecular weight excluding hydrogens is 162 g/mol. The molecule has 4 nitrogen and oxygen atoms in total. The van der Waals surface area contributed by atoms with Gasteiger partial charge < -0.3 is 4.79 Å². The number of carbonyl (C=O) groups is 1. The summed E-state index contributed by atoms with van der Waals surface area (Å²) in [4.78, 5) is 13.9. The van der Waals surface area contributed by atoms with Gasteiger partial charge in [-0.05, 0) is 0 Å². The van der Waals surface area contributed by atoms with E-state index >= 15 is 0 Å². The molecule has 0 saturated heterocycles. The van der Waals surface area contributed by atoms with E-state index in [1.807, 2.05) is 7.05 Å². The van der Waals surface area contributed by atoms with Crippen molar-refractivity contribution in [3.05, 3.63) is 6.33 Å². The topological polar surface area (TPSA) is 47.8 Å². The van der Waals surface area contributed by atoms with Crippen molar-refractivity contribution in [3.63, 3.8) is 0 Å². The molecule has 0 aromatic carbocycles. The number of carbonyl (C=O) groups excluding carboxylic acids is 1. The Kier molecular flexibility index (Phi) is 3.10. The molecule has 0 N–H and O–H groups in total. The van der Waals surface area contributed by atoms with E-state index in [0.29, 0.717) is 6.42 Å². The number of thioether (sulfide) groups is 1. The predicted molar refractivity (Wildman–Crippen MR) is 42.4 cm³/mol. The molecule has 5 heteroatoms. The molecule has 1 heterocycles. The highest BCUT2D eigenvalue weighted by molar-refractivity contribution is 7.99. The first kappa shape index (κ1) is 8.26. The van der Waals surface area contributed by atoms with Gasteiger partial charge in [-0.15, -0.1) is 0 Å². The molecule has 0 aliphatic rings. The minimum atomic E-state index is 0.567. The van der Waals surface area contributed by atoms with Crippen LogP contribution in [0, 0.1) is 0 Å². The van der Waals surface area contributed by atoms with Crippen molar-refractivity contribution in [1.82, 2.24) is 14.8 Å². The quantitative estimate of drug-likeness (QED) is 0.376. The molecule has 0 aliphatic carbocycles. The summed E-state index contributed by atoms with van der Waals surface area (Å²) in [5.74, 6) is 0.774. The fourth-order valence-corrected chi connectivity index (χ4v) is 1.37. The van der Waals surface area contributed by atoms with E-state index in [2.05, 4.69) is 10.1 Å². The molecule has 1 aromatic rings. The minimum Gasteiger partial charge on any atom is -0.303 e. The second kappa shape index (κ2) is 4.12. The van der Waals surface area contributed by atoms with Crippen LogP contribution in [0.25, 0.3) is 0 Å². The third-order valence-electron chi connectivity index (χ3n) is 1.14. The predicted octanol–water partition coefficient (Wildman–Crippen LogP) is 0.496. The molecule has 60 valence electrons. The maximum Gasteiger partial charge on any atom is 0.185 e. The Morgan fingerprint density at radius 3 is 3.18 bits per heavy atom. The van der Waals surface area contributed by atoms with Crippen molar-refractivity contribution in [2.45, 2.75) is 11.6 Å². The van der Waals surface area contributed by atoms with Crippen LogP contribution in [0.4, 0.5) is 0 Å². The van der Waals surface area contributed by atoms with Crippen LogP contribution in [0.3, 0.4) is 0 Å². The Labute approximate surface area is 69.0 Å². The summed E-state index contributed by atoms with van der Waals surface area (Å²) in [6.07, 6.45) is 2.98. The van der Waals surface area contributed by atoms with E-state index in [-0.39, 0.29) is 0 Å². The van der Waals surface area contributed by atoms with E-state index in [0.717, 1.165) is 17.2 Å². The van der Waals surface area contributed by atoms with Crippen LogP contribution in [-0.2, 0) is 11.8 Å². The Morgan fingerprint density at radius 2 is 2.64 bits per heavy atom. The number of hydrogen-bond acceptors (Lipinski definition) is 4. The molecule has 0 atom stereocenters. The lowest BCUT2D eigenvalue weighted by Gasteiger charge is -1.95. The van der Waals surface area contributed by atoms with Gasteiger partial charge in [-0.2, -0.15) is 5.10 Å². The third-order valence-corrected chi connectivity index (χ3v) is 2.20. The summed E-state index contributed by atoms with van der Waals surface area (Å²) in [5.41, 5.74) is 0. The Morgan fingerprint density at radius 1 is 1.82 bits per heavy atom. The normalized spacial score (nSPS) is 9.91. The summed E-state index contributed by atoms with van der Waals surface area (Å²) in [6.45, 7) is 0. The Hall–Kier alpha value is -0.840. The van der Waals surface area contributed by atoms with Gasteiger partial charge in [0.15, 0.2) is 5.16 Å². The fourth-order valence-electron chi connectivity index (χ4n) is 0.615. The van der Waals surface area contributed by atoms with E-state index in [4.69, 9.17) is 0 Å². The first-order chi connectivity index (χ1) is 5.34. The maximum atomic E-state index is 9.96. The van der Waals surface area contributed by atoms with Gasteiger partial charge in [-0.25, -0.2) is 9.67 Å². The average molecular weight is 171 g/mol. The van der Waals surface area contributed by atoms with Gasteiger partial charge in [-0.1, -0.05) is 11.8 Å². The zero-order chi connectivity index (χ0) is 8.10. The van der Waals surface area contributed by atoms with Gasteiger partial charge >= 0.3 is 0 Å². The smallest absolute Gasteiger partial charge is 0.185 e. The van der Waals surface area contributed by atoms with Gasteiger partial charge in [0, 0.05) is 19.2 Å². The van der Waals surface area contributed by atoms with Crippen LogP contribution in [0.5, 0.6) is 0 Å². The minimum absolute atomic E-state index is 0.567. The van der Waals surface area contributed by atoms with E-state index < -0.39 is 0 Å². The molecule has 1 rings (SSSR count). The largest absolute Gasteiger partial charge is 0.303 e. The van der Waals surface area contributed by atoms with Crippen LogP contribution < -0.4 is 0 Å². The second-order valence-corrected chi connectivity index (χ2v) is 3.03. The average Bonchev–Trinajstić information content (AvgIpc) is 2.37. The number of rotatable bonds is 4. The van der Waals surface area contributed by atoms with Crippen molar-refractivity contribution in [2.75, 3.05) is 5.75 Å². The molecule has 0 aliphatic heterocycles. The van der Waals surface area contributed by atoms with Crippen molar-refractivity contribution in [1.29, 1.82) is 0 Å². The lowest BCUT2D eigenvalue weighted by molar-refractivity contribution is -0.107. The van der Waals surface area contributed by atoms with Crippen molar-refractivity contribution in [3.8, 4) is 0 Å². The lowest BCUT2D eigenvalue weighted by Crippen LogP contribution is -1.93. The standard InChI is InChI=1S/C6H9N3OS/c1-9-6(7-5-8-9)11-4-2-3-10/h3,5H,2,4H2,1H3. The van der Waals surface area contributed by atoms with E-state index in [9.17, 15) is 4.79 Å². The second-order valence-electron chi connectivity index (χ2n) is 1.97. The van der Waals surface area contributed by atoms with Gasteiger partial charge in [-0.3, -0.25) is 0 Å². The zero-order valence-corrected chi connectivity index (χ0v) is 7.04. The molecule has 11 heavy (non-hydrogen) atoms. The maximum absolute atomic E-state index is 9.96. The zero-order valence-electron chi connectivity index (χ0n) is 6.23. The summed E-state index contributed by atoms with van der Waals surface area (Å²) in [5, 5.41) is 4.75. The van der Waals surface area contributed by atoms with Crippen molar-refractivity contribution in [2.24, 2.45) is 7.05 Å². The number of aryl methyl sites for hydroxylation is 1. The van der Waals surface area contributed by atoms with Crippen LogP contribution in [0.15, 0.2) is 11.5 Å². The van der Waals surface area contributed by atoms with Crippen LogP contribution >= 0.6 is 11.8 Å². The summed E-state index contributed by atoms with van der Waals surface area (Å²) in [6, 6.07) is 0. The highest BCUT2D eigenvalue weighted by Crippen LogP contribution is 2.12. The lowest BCUT2D eigenvalue weighted by atomic mass is 10.6. The molecule has 1 aromatic heterocycles. The SMILES string of the molecule is Cn1ncnc1SCCC=O. The number of nitrogens with zero attached hydrogens (tertiary/aromatic N) is 3. The molecular formula is C6H9N3OS. The first-order valence-corrected chi connectivity index (χ1v) is 4.23. The molecule has 0 radical (unpaired) electrons. The summed E-state index contributed by atoms with van der Waals surface area (Å²) in [7, 11) is 1.83. The van der Waals surface area contributed by atoms with Crippen molar-refractivity contribution >= 4 is 18.0 Å². The molecule has 0 amide bonds. The van der Waals surface area contributed by atoms with Crippen molar-refractivity contribution < 1.29 is 4.79 Å². The molecule has 0 spiro atoms. The summed E-state index contributed by atoms with van der Waals surface area (Å²) < 4.78 is 1.69. The molecule has 0 unspecified atom stereocenters. The van der Waals surface area contributed by atoms with E-state index in [1.54, 1.807) is 4.68 Å². The Bertz CT molecular complexity index is 235. The summed E-state index contributed by atoms with van der Waals surface area (Å²) >= 11 is 1.54. The highest BCUT2D eigenvalue weighted by Gasteiger charge is 1.98. The fraction of sp³-hybridized carbons (Fsp3) is 0.500. The van der Waals surface area contributed by atoms with Gasteiger partial charge in [0.2, 0.25) is 0 Å². The number of aromatic nitrogens is 3. The first-order valence-electron chi connectivity index (χ1n) is 3.25. The number of aldehydes is 1. The molecule has 0 bridgehead atoms. The van der Waals surface area contributed by atoms with Crippen LogP contribution in [0.1, 0.15) is 6.42 Å². The van der Waals surface area contributed by atoms with Gasteiger partial charge in [0.25, 0.3) is 0 Å². The third kappa shape index (κ3) is 2.34. The molecule has 0 saturated carbocycles. The molecule has 0 fully saturated rings. The van der Waals surface area contributed by atoms with Crippen LogP contribution in [0.2, 0.25) is 0 Å².